The highest BCUT2D eigenvalue weighted by Crippen LogP contribution is 2.29. The van der Waals surface area contributed by atoms with Gasteiger partial charge in [0.1, 0.15) is 0 Å². The summed E-state index contributed by atoms with van der Waals surface area (Å²) in [5.41, 5.74) is 2.43. The van der Waals surface area contributed by atoms with Crippen molar-refractivity contribution in [3.8, 4) is 0 Å². The van der Waals surface area contributed by atoms with E-state index >= 15 is 0 Å². The fraction of sp³-hybridized carbons (Fsp3) is 0.562. The van der Waals surface area contributed by atoms with Gasteiger partial charge in [0.05, 0.1) is 0 Å². The predicted octanol–water partition coefficient (Wildman–Crippen LogP) is 2.35. The Balaban J connectivity index is 1.66. The van der Waals surface area contributed by atoms with Gasteiger partial charge >= 0.3 is 0 Å². The molecule has 1 aliphatic heterocycles. The van der Waals surface area contributed by atoms with Crippen LogP contribution in [0.2, 0.25) is 0 Å². The molecule has 1 fully saturated rings. The van der Waals surface area contributed by atoms with Gasteiger partial charge in [-0.1, -0.05) is 25.1 Å². The number of carbonyl (C=O) groups excluding carboxylic acids is 1. The second-order valence-corrected chi connectivity index (χ2v) is 5.92. The lowest BCUT2D eigenvalue weighted by atomic mass is 9.93. The lowest BCUT2D eigenvalue weighted by Crippen LogP contribution is -2.40. The van der Waals surface area contributed by atoms with Gasteiger partial charge < -0.3 is 10.2 Å². The topological polar surface area (TPSA) is 32.3 Å². The summed E-state index contributed by atoms with van der Waals surface area (Å²) in [7, 11) is 0. The van der Waals surface area contributed by atoms with E-state index in [0.29, 0.717) is 18.4 Å². The summed E-state index contributed by atoms with van der Waals surface area (Å²) in [5, 5.41) is 3.41. The molecule has 0 aromatic heterocycles. The van der Waals surface area contributed by atoms with Crippen LogP contribution in [0.3, 0.4) is 0 Å². The van der Waals surface area contributed by atoms with Gasteiger partial charge in [0.2, 0.25) is 5.91 Å². The van der Waals surface area contributed by atoms with Crippen molar-refractivity contribution >= 4 is 11.6 Å². The zero-order valence-corrected chi connectivity index (χ0v) is 11.6. The predicted molar refractivity (Wildman–Crippen MR) is 77.3 cm³/mol. The minimum absolute atomic E-state index is 0.257. The highest BCUT2D eigenvalue weighted by molar-refractivity contribution is 5.94. The zero-order chi connectivity index (χ0) is 13.2. The molecular formula is C16H22N2O. The number of nitrogens with zero attached hydrogens (tertiary/aromatic N) is 1. The second kappa shape index (κ2) is 5.33. The molecule has 1 aliphatic carbocycles. The Labute approximate surface area is 115 Å². The number of amides is 1. The first kappa shape index (κ1) is 12.7. The summed E-state index contributed by atoms with van der Waals surface area (Å²) in [6, 6.07) is 8.99. The van der Waals surface area contributed by atoms with Crippen LogP contribution in [-0.4, -0.2) is 25.0 Å². The van der Waals surface area contributed by atoms with Crippen molar-refractivity contribution in [2.45, 2.75) is 38.6 Å². The van der Waals surface area contributed by atoms with Crippen molar-refractivity contribution in [3.05, 3.63) is 29.8 Å². The van der Waals surface area contributed by atoms with E-state index in [0.717, 1.165) is 25.2 Å². The molecule has 102 valence electrons. The first-order valence-electron chi connectivity index (χ1n) is 7.35. The molecule has 3 nitrogen and oxygen atoms in total. The molecule has 1 atom stereocenters. The number of hydrogen-bond donors (Lipinski definition) is 1. The van der Waals surface area contributed by atoms with E-state index in [1.54, 1.807) is 0 Å². The quantitative estimate of drug-likeness (QED) is 0.899. The van der Waals surface area contributed by atoms with Crippen molar-refractivity contribution in [3.63, 3.8) is 0 Å². The Hall–Kier alpha value is -1.35. The van der Waals surface area contributed by atoms with E-state index in [-0.39, 0.29) is 5.91 Å². The van der Waals surface area contributed by atoms with Gasteiger partial charge in [-0.05, 0) is 36.8 Å². The number of benzene rings is 1. The van der Waals surface area contributed by atoms with Gasteiger partial charge in [0.25, 0.3) is 0 Å². The molecule has 0 bridgehead atoms. The molecule has 1 amide bonds. The van der Waals surface area contributed by atoms with Gasteiger partial charge in [-0.15, -0.1) is 0 Å². The third-order valence-corrected chi connectivity index (χ3v) is 4.00. The van der Waals surface area contributed by atoms with E-state index < -0.39 is 0 Å². The Morgan fingerprint density at radius 3 is 2.95 bits per heavy atom. The zero-order valence-electron chi connectivity index (χ0n) is 11.6. The number of hydrogen-bond acceptors (Lipinski definition) is 2. The lowest BCUT2D eigenvalue weighted by Gasteiger charge is -2.33. The van der Waals surface area contributed by atoms with Crippen LogP contribution in [0.25, 0.3) is 0 Å². The van der Waals surface area contributed by atoms with Crippen LogP contribution in [0.1, 0.15) is 31.7 Å². The van der Waals surface area contributed by atoms with E-state index in [4.69, 9.17) is 0 Å². The molecule has 1 aromatic rings. The SMILES string of the molecule is CC1Cc2ccccc2N(C(=O)CCNC2CC2)C1. The summed E-state index contributed by atoms with van der Waals surface area (Å²) in [5.74, 6) is 0.808. The molecule has 1 saturated carbocycles. The number of nitrogens with one attached hydrogen (secondary N) is 1. The molecule has 0 radical (unpaired) electrons. The summed E-state index contributed by atoms with van der Waals surface area (Å²) in [6.07, 6.45) is 4.24. The number of carbonyl (C=O) groups is 1. The second-order valence-electron chi connectivity index (χ2n) is 5.92. The fourth-order valence-electron chi connectivity index (χ4n) is 2.84. The van der Waals surface area contributed by atoms with Gasteiger partial charge in [0.15, 0.2) is 0 Å². The number of rotatable bonds is 4. The Morgan fingerprint density at radius 2 is 2.16 bits per heavy atom. The first-order valence-corrected chi connectivity index (χ1v) is 7.35. The third kappa shape index (κ3) is 2.98. The van der Waals surface area contributed by atoms with Crippen LogP contribution in [0.15, 0.2) is 24.3 Å². The van der Waals surface area contributed by atoms with Crippen molar-refractivity contribution < 1.29 is 4.79 Å². The van der Waals surface area contributed by atoms with Gasteiger partial charge in [-0.3, -0.25) is 4.79 Å². The monoisotopic (exact) mass is 258 g/mol. The van der Waals surface area contributed by atoms with Crippen LogP contribution in [0.4, 0.5) is 5.69 Å². The normalized spacial score (nSPS) is 22.2. The summed E-state index contributed by atoms with van der Waals surface area (Å²) >= 11 is 0. The largest absolute Gasteiger partial charge is 0.313 e. The molecule has 1 N–H and O–H groups in total. The average molecular weight is 258 g/mol. The van der Waals surface area contributed by atoms with Gasteiger partial charge in [-0.25, -0.2) is 0 Å². The maximum Gasteiger partial charge on any atom is 0.228 e. The van der Waals surface area contributed by atoms with Crippen LogP contribution < -0.4 is 10.2 Å². The van der Waals surface area contributed by atoms with Crippen LogP contribution in [-0.2, 0) is 11.2 Å². The standard InChI is InChI=1S/C16H22N2O/c1-12-10-13-4-2-3-5-15(13)18(11-12)16(19)8-9-17-14-6-7-14/h2-5,12,14,17H,6-11H2,1H3. The Morgan fingerprint density at radius 1 is 1.37 bits per heavy atom. The van der Waals surface area contributed by atoms with Gasteiger partial charge in [-0.2, -0.15) is 0 Å². The highest BCUT2D eigenvalue weighted by atomic mass is 16.2. The number of fused-ring (bicyclic) bond motifs is 1. The molecule has 19 heavy (non-hydrogen) atoms. The molecule has 2 aliphatic rings. The third-order valence-electron chi connectivity index (χ3n) is 4.00. The molecule has 1 aromatic carbocycles. The van der Waals surface area contributed by atoms with Crippen LogP contribution in [0.5, 0.6) is 0 Å². The van der Waals surface area contributed by atoms with Gasteiger partial charge in [0, 0.05) is 31.2 Å². The lowest BCUT2D eigenvalue weighted by molar-refractivity contribution is -0.118. The number of para-hydroxylation sites is 1. The maximum absolute atomic E-state index is 12.4. The average Bonchev–Trinajstić information content (AvgIpc) is 3.21. The van der Waals surface area contributed by atoms with Crippen LogP contribution >= 0.6 is 0 Å². The van der Waals surface area contributed by atoms with Crippen LogP contribution in [0, 0.1) is 5.92 Å². The summed E-state index contributed by atoms with van der Waals surface area (Å²) in [4.78, 5) is 14.4. The highest BCUT2D eigenvalue weighted by Gasteiger charge is 2.26. The molecular weight excluding hydrogens is 236 g/mol. The smallest absolute Gasteiger partial charge is 0.228 e. The first-order chi connectivity index (χ1) is 9.24. The Bertz CT molecular complexity index is 468. The molecule has 3 heteroatoms. The fourth-order valence-corrected chi connectivity index (χ4v) is 2.84. The Kier molecular flexibility index (Phi) is 3.56. The molecule has 1 heterocycles. The molecule has 0 saturated heterocycles. The minimum Gasteiger partial charge on any atom is -0.313 e. The summed E-state index contributed by atoms with van der Waals surface area (Å²) in [6.45, 7) is 3.90. The summed E-state index contributed by atoms with van der Waals surface area (Å²) < 4.78 is 0. The molecule has 1 unspecified atom stereocenters. The van der Waals surface area contributed by atoms with Crippen molar-refractivity contribution in [2.75, 3.05) is 18.0 Å². The van der Waals surface area contributed by atoms with Crippen molar-refractivity contribution in [2.24, 2.45) is 5.92 Å². The van der Waals surface area contributed by atoms with E-state index in [9.17, 15) is 4.79 Å². The minimum atomic E-state index is 0.257. The van der Waals surface area contributed by atoms with Crippen molar-refractivity contribution in [1.29, 1.82) is 0 Å². The molecule has 0 spiro atoms. The van der Waals surface area contributed by atoms with E-state index in [1.807, 2.05) is 11.0 Å². The number of anilines is 1. The maximum atomic E-state index is 12.4. The molecule has 3 rings (SSSR count). The van der Waals surface area contributed by atoms with E-state index in [2.05, 4.69) is 30.4 Å². The van der Waals surface area contributed by atoms with E-state index in [1.165, 1.54) is 18.4 Å². The van der Waals surface area contributed by atoms with Crippen molar-refractivity contribution in [1.82, 2.24) is 5.32 Å².